The summed E-state index contributed by atoms with van der Waals surface area (Å²) in [6, 6.07) is 0. The minimum Gasteiger partial charge on any atom is -0.370 e. The maximum atomic E-state index is 5.52. The molecule has 0 unspecified atom stereocenters. The molecule has 1 aliphatic carbocycles. The van der Waals surface area contributed by atoms with E-state index in [1.54, 1.807) is 0 Å². The standard InChI is InChI=1S/C9H19N5/c1-2-9(4-3-5-9)6-13-8(12)14-7(10)11/h2-6H2,1H3,(H6,10,11,12,13,14). The Morgan fingerprint density at radius 3 is 2.29 bits per heavy atom. The van der Waals surface area contributed by atoms with E-state index >= 15 is 0 Å². The van der Waals surface area contributed by atoms with Gasteiger partial charge in [-0.15, -0.1) is 0 Å². The molecule has 0 spiro atoms. The molecule has 14 heavy (non-hydrogen) atoms. The molecule has 0 amide bonds. The van der Waals surface area contributed by atoms with Crippen LogP contribution in [0.4, 0.5) is 0 Å². The number of hydrogen-bond acceptors (Lipinski definition) is 1. The lowest BCUT2D eigenvalue weighted by Crippen LogP contribution is -2.33. The van der Waals surface area contributed by atoms with E-state index in [1.807, 2.05) is 0 Å². The van der Waals surface area contributed by atoms with Crippen molar-refractivity contribution in [3.63, 3.8) is 0 Å². The molecule has 6 N–H and O–H groups in total. The van der Waals surface area contributed by atoms with Crippen LogP contribution in [0.1, 0.15) is 32.6 Å². The first kappa shape index (κ1) is 10.8. The molecule has 1 saturated carbocycles. The minimum absolute atomic E-state index is 0.0367. The zero-order valence-electron chi connectivity index (χ0n) is 8.66. The summed E-state index contributed by atoms with van der Waals surface area (Å²) >= 11 is 0. The fourth-order valence-electron chi connectivity index (χ4n) is 1.72. The summed E-state index contributed by atoms with van der Waals surface area (Å²) in [6.07, 6.45) is 4.92. The van der Waals surface area contributed by atoms with Crippen LogP contribution in [0.2, 0.25) is 0 Å². The third kappa shape index (κ3) is 2.61. The number of aliphatic imine (C=N–C) groups is 2. The van der Waals surface area contributed by atoms with Crippen molar-refractivity contribution in [2.45, 2.75) is 32.6 Å². The Kier molecular flexibility index (Phi) is 3.33. The number of hydrogen-bond donors (Lipinski definition) is 3. The Morgan fingerprint density at radius 2 is 1.93 bits per heavy atom. The van der Waals surface area contributed by atoms with E-state index in [-0.39, 0.29) is 11.9 Å². The summed E-state index contributed by atoms with van der Waals surface area (Å²) in [4.78, 5) is 7.85. The highest BCUT2D eigenvalue weighted by atomic mass is 15.1. The van der Waals surface area contributed by atoms with Crippen LogP contribution < -0.4 is 17.2 Å². The van der Waals surface area contributed by atoms with Gasteiger partial charge in [-0.05, 0) is 24.7 Å². The molecule has 1 aliphatic rings. The van der Waals surface area contributed by atoms with Crippen LogP contribution in [0.3, 0.4) is 0 Å². The summed E-state index contributed by atoms with van der Waals surface area (Å²) < 4.78 is 0. The van der Waals surface area contributed by atoms with E-state index in [4.69, 9.17) is 17.2 Å². The van der Waals surface area contributed by atoms with Gasteiger partial charge in [0.15, 0.2) is 5.96 Å². The molecule has 80 valence electrons. The van der Waals surface area contributed by atoms with E-state index in [0.29, 0.717) is 5.41 Å². The molecule has 0 aromatic carbocycles. The van der Waals surface area contributed by atoms with E-state index in [2.05, 4.69) is 16.9 Å². The van der Waals surface area contributed by atoms with Gasteiger partial charge in [-0.2, -0.15) is 4.99 Å². The largest absolute Gasteiger partial charge is 0.370 e. The number of nitrogens with two attached hydrogens (primary N) is 3. The Labute approximate surface area is 84.5 Å². The predicted octanol–water partition coefficient (Wildman–Crippen LogP) is 0.155. The highest BCUT2D eigenvalue weighted by Crippen LogP contribution is 2.43. The molecule has 1 rings (SSSR count). The first-order valence-electron chi connectivity index (χ1n) is 4.97. The summed E-state index contributed by atoms with van der Waals surface area (Å²) in [6.45, 7) is 2.93. The minimum atomic E-state index is -0.0367. The van der Waals surface area contributed by atoms with Gasteiger partial charge in [0.05, 0.1) is 0 Å². The molecule has 0 radical (unpaired) electrons. The van der Waals surface area contributed by atoms with Crippen LogP contribution >= 0.6 is 0 Å². The lowest BCUT2D eigenvalue weighted by Gasteiger charge is -2.39. The summed E-state index contributed by atoms with van der Waals surface area (Å²) in [5, 5.41) is 0. The van der Waals surface area contributed by atoms with Gasteiger partial charge in [-0.3, -0.25) is 4.99 Å². The molecular formula is C9H19N5. The zero-order chi connectivity index (χ0) is 10.6. The molecule has 5 heteroatoms. The lowest BCUT2D eigenvalue weighted by atomic mass is 9.67. The molecular weight excluding hydrogens is 178 g/mol. The second kappa shape index (κ2) is 4.30. The van der Waals surface area contributed by atoms with Crippen LogP contribution in [-0.4, -0.2) is 18.5 Å². The predicted molar refractivity (Wildman–Crippen MR) is 58.9 cm³/mol. The van der Waals surface area contributed by atoms with Crippen molar-refractivity contribution in [1.82, 2.24) is 0 Å². The van der Waals surface area contributed by atoms with Crippen molar-refractivity contribution in [2.24, 2.45) is 32.6 Å². The maximum Gasteiger partial charge on any atom is 0.218 e. The average molecular weight is 197 g/mol. The smallest absolute Gasteiger partial charge is 0.218 e. The summed E-state index contributed by atoms with van der Waals surface area (Å²) in [5.41, 5.74) is 16.2. The van der Waals surface area contributed by atoms with E-state index in [0.717, 1.165) is 13.0 Å². The van der Waals surface area contributed by atoms with E-state index < -0.39 is 0 Å². The van der Waals surface area contributed by atoms with Crippen LogP contribution in [-0.2, 0) is 0 Å². The van der Waals surface area contributed by atoms with Gasteiger partial charge in [0.1, 0.15) is 0 Å². The van der Waals surface area contributed by atoms with Crippen molar-refractivity contribution in [2.75, 3.05) is 6.54 Å². The quantitative estimate of drug-likeness (QED) is 0.443. The second-order valence-corrected chi connectivity index (χ2v) is 3.92. The highest BCUT2D eigenvalue weighted by Gasteiger charge is 2.34. The van der Waals surface area contributed by atoms with Crippen molar-refractivity contribution in [3.05, 3.63) is 0 Å². The van der Waals surface area contributed by atoms with Crippen molar-refractivity contribution in [3.8, 4) is 0 Å². The van der Waals surface area contributed by atoms with Crippen LogP contribution in [0.25, 0.3) is 0 Å². The molecule has 0 aromatic heterocycles. The number of rotatable bonds is 3. The molecule has 0 atom stereocenters. The van der Waals surface area contributed by atoms with E-state index in [9.17, 15) is 0 Å². The van der Waals surface area contributed by atoms with Gasteiger partial charge in [0.25, 0.3) is 0 Å². The van der Waals surface area contributed by atoms with Crippen molar-refractivity contribution >= 4 is 11.9 Å². The molecule has 0 heterocycles. The zero-order valence-corrected chi connectivity index (χ0v) is 8.66. The average Bonchev–Trinajstić information content (AvgIpc) is 2.01. The van der Waals surface area contributed by atoms with Gasteiger partial charge in [-0.1, -0.05) is 13.3 Å². The molecule has 0 saturated heterocycles. The molecule has 5 nitrogen and oxygen atoms in total. The number of guanidine groups is 2. The molecule has 0 aromatic rings. The van der Waals surface area contributed by atoms with Crippen LogP contribution in [0.15, 0.2) is 9.98 Å². The highest BCUT2D eigenvalue weighted by molar-refractivity contribution is 5.92. The van der Waals surface area contributed by atoms with Gasteiger partial charge < -0.3 is 17.2 Å². The van der Waals surface area contributed by atoms with E-state index in [1.165, 1.54) is 19.3 Å². The molecule has 0 aliphatic heterocycles. The molecule has 1 fully saturated rings. The third-order valence-electron chi connectivity index (χ3n) is 2.98. The van der Waals surface area contributed by atoms with Gasteiger partial charge in [0.2, 0.25) is 5.96 Å². The fraction of sp³-hybridized carbons (Fsp3) is 0.778. The topological polar surface area (TPSA) is 103 Å². The maximum absolute atomic E-state index is 5.52. The first-order valence-corrected chi connectivity index (χ1v) is 4.97. The second-order valence-electron chi connectivity index (χ2n) is 3.92. The normalized spacial score (nSPS) is 19.9. The van der Waals surface area contributed by atoms with Crippen LogP contribution in [0.5, 0.6) is 0 Å². The number of nitrogens with zero attached hydrogens (tertiary/aromatic N) is 2. The monoisotopic (exact) mass is 197 g/mol. The lowest BCUT2D eigenvalue weighted by molar-refractivity contribution is 0.139. The SMILES string of the molecule is CCC1(CN=C(N)N=C(N)N)CCC1. The molecule has 0 bridgehead atoms. The van der Waals surface area contributed by atoms with Crippen molar-refractivity contribution in [1.29, 1.82) is 0 Å². The summed E-state index contributed by atoms with van der Waals surface area (Å²) in [7, 11) is 0. The Hall–Kier alpha value is -1.26. The van der Waals surface area contributed by atoms with Gasteiger partial charge in [-0.25, -0.2) is 0 Å². The summed E-state index contributed by atoms with van der Waals surface area (Å²) in [5.74, 6) is 0.148. The Balaban J connectivity index is 2.49. The van der Waals surface area contributed by atoms with Crippen molar-refractivity contribution < 1.29 is 0 Å². The Bertz CT molecular complexity index is 242. The van der Waals surface area contributed by atoms with Crippen LogP contribution in [0, 0.1) is 5.41 Å². The first-order chi connectivity index (χ1) is 6.58. The van der Waals surface area contributed by atoms with Gasteiger partial charge >= 0.3 is 0 Å². The fourth-order valence-corrected chi connectivity index (χ4v) is 1.72. The third-order valence-corrected chi connectivity index (χ3v) is 2.98. The Morgan fingerprint density at radius 1 is 1.29 bits per heavy atom. The van der Waals surface area contributed by atoms with Gasteiger partial charge in [0, 0.05) is 6.54 Å².